The lowest BCUT2D eigenvalue weighted by Gasteiger charge is -2.35. The maximum atomic E-state index is 5.66. The summed E-state index contributed by atoms with van der Waals surface area (Å²) in [6.07, 6.45) is 2.62. The molecule has 20 heavy (non-hydrogen) atoms. The van der Waals surface area contributed by atoms with Gasteiger partial charge in [0.15, 0.2) is 0 Å². The standard InChI is InChI=1S/C17H28N2O/c1-4-10-18-16(5-2)15-8-6-7-9-17(15)19-11-12-20-14(3)13-19/h6-9,14,16,18H,4-5,10-13H2,1-3H3. The molecule has 3 nitrogen and oxygen atoms in total. The van der Waals surface area contributed by atoms with Gasteiger partial charge in [0, 0.05) is 24.8 Å². The van der Waals surface area contributed by atoms with Gasteiger partial charge in [-0.2, -0.15) is 0 Å². The molecule has 3 heteroatoms. The summed E-state index contributed by atoms with van der Waals surface area (Å²) in [5.74, 6) is 0. The first-order valence-electron chi connectivity index (χ1n) is 7.95. The lowest BCUT2D eigenvalue weighted by atomic mass is 10.0. The van der Waals surface area contributed by atoms with Crippen LogP contribution in [0.3, 0.4) is 0 Å². The largest absolute Gasteiger partial charge is 0.375 e. The van der Waals surface area contributed by atoms with E-state index in [1.165, 1.54) is 17.7 Å². The predicted octanol–water partition coefficient (Wildman–Crippen LogP) is 3.36. The van der Waals surface area contributed by atoms with Crippen molar-refractivity contribution in [2.45, 2.75) is 45.8 Å². The highest BCUT2D eigenvalue weighted by molar-refractivity contribution is 5.55. The minimum Gasteiger partial charge on any atom is -0.375 e. The zero-order valence-corrected chi connectivity index (χ0v) is 13.1. The fourth-order valence-electron chi connectivity index (χ4n) is 2.90. The Balaban J connectivity index is 2.19. The number of ether oxygens (including phenoxy) is 1. The van der Waals surface area contributed by atoms with Crippen molar-refractivity contribution in [3.05, 3.63) is 29.8 Å². The number of hydrogen-bond acceptors (Lipinski definition) is 3. The molecule has 1 aromatic carbocycles. The maximum Gasteiger partial charge on any atom is 0.0722 e. The van der Waals surface area contributed by atoms with Crippen LogP contribution in [0.15, 0.2) is 24.3 Å². The number of hydrogen-bond donors (Lipinski definition) is 1. The molecule has 0 aliphatic carbocycles. The summed E-state index contributed by atoms with van der Waals surface area (Å²) in [4.78, 5) is 2.47. The number of para-hydroxylation sites is 1. The highest BCUT2D eigenvalue weighted by Crippen LogP contribution is 2.29. The molecule has 1 aliphatic heterocycles. The van der Waals surface area contributed by atoms with Gasteiger partial charge in [-0.15, -0.1) is 0 Å². The number of nitrogens with zero attached hydrogens (tertiary/aromatic N) is 1. The molecule has 0 saturated carbocycles. The van der Waals surface area contributed by atoms with Gasteiger partial charge in [0.1, 0.15) is 0 Å². The molecule has 0 aromatic heterocycles. The van der Waals surface area contributed by atoms with Crippen LogP contribution in [0.2, 0.25) is 0 Å². The molecule has 1 N–H and O–H groups in total. The zero-order chi connectivity index (χ0) is 14.4. The van der Waals surface area contributed by atoms with Gasteiger partial charge in [-0.3, -0.25) is 0 Å². The van der Waals surface area contributed by atoms with Gasteiger partial charge in [0.25, 0.3) is 0 Å². The minimum atomic E-state index is 0.320. The van der Waals surface area contributed by atoms with Crippen LogP contribution in [0.25, 0.3) is 0 Å². The summed E-state index contributed by atoms with van der Waals surface area (Å²) >= 11 is 0. The fourth-order valence-corrected chi connectivity index (χ4v) is 2.90. The average molecular weight is 276 g/mol. The summed E-state index contributed by atoms with van der Waals surface area (Å²) in [5, 5.41) is 3.67. The monoisotopic (exact) mass is 276 g/mol. The second kappa shape index (κ2) is 7.65. The Kier molecular flexibility index (Phi) is 5.86. The van der Waals surface area contributed by atoms with Crippen LogP contribution in [-0.2, 0) is 4.74 Å². The lowest BCUT2D eigenvalue weighted by molar-refractivity contribution is 0.0531. The summed E-state index contributed by atoms with van der Waals surface area (Å²) in [6, 6.07) is 9.27. The van der Waals surface area contributed by atoms with E-state index >= 15 is 0 Å². The molecule has 0 radical (unpaired) electrons. The van der Waals surface area contributed by atoms with E-state index in [1.54, 1.807) is 0 Å². The molecule has 2 atom stereocenters. The third-order valence-electron chi connectivity index (χ3n) is 3.94. The molecule has 1 aliphatic rings. The number of nitrogens with one attached hydrogen (secondary N) is 1. The molecule has 2 unspecified atom stereocenters. The minimum absolute atomic E-state index is 0.320. The zero-order valence-electron chi connectivity index (χ0n) is 13.1. The highest BCUT2D eigenvalue weighted by atomic mass is 16.5. The Labute approximate surface area is 123 Å². The van der Waals surface area contributed by atoms with Crippen molar-refractivity contribution in [2.75, 3.05) is 31.1 Å². The van der Waals surface area contributed by atoms with Crippen molar-refractivity contribution in [1.82, 2.24) is 5.32 Å². The van der Waals surface area contributed by atoms with Crippen LogP contribution in [0.4, 0.5) is 5.69 Å². The number of rotatable bonds is 6. The lowest BCUT2D eigenvalue weighted by Crippen LogP contribution is -2.42. The first kappa shape index (κ1) is 15.3. The van der Waals surface area contributed by atoms with Crippen LogP contribution in [0, 0.1) is 0 Å². The van der Waals surface area contributed by atoms with Crippen LogP contribution in [0.1, 0.15) is 45.2 Å². The topological polar surface area (TPSA) is 24.5 Å². The number of morpholine rings is 1. The molecule has 1 saturated heterocycles. The van der Waals surface area contributed by atoms with Crippen molar-refractivity contribution in [1.29, 1.82) is 0 Å². The first-order chi connectivity index (χ1) is 9.76. The molecule has 0 amide bonds. The van der Waals surface area contributed by atoms with Gasteiger partial charge < -0.3 is 15.0 Å². The van der Waals surface area contributed by atoms with Crippen molar-refractivity contribution < 1.29 is 4.74 Å². The van der Waals surface area contributed by atoms with Gasteiger partial charge >= 0.3 is 0 Å². The van der Waals surface area contributed by atoms with E-state index in [9.17, 15) is 0 Å². The molecule has 2 rings (SSSR count). The summed E-state index contributed by atoms with van der Waals surface area (Å²) in [7, 11) is 0. The Morgan fingerprint density at radius 3 is 2.85 bits per heavy atom. The van der Waals surface area contributed by atoms with Gasteiger partial charge in [-0.05, 0) is 37.9 Å². The predicted molar refractivity (Wildman–Crippen MR) is 85.4 cm³/mol. The van der Waals surface area contributed by atoms with Crippen molar-refractivity contribution in [3.63, 3.8) is 0 Å². The van der Waals surface area contributed by atoms with E-state index in [0.29, 0.717) is 12.1 Å². The maximum absolute atomic E-state index is 5.66. The van der Waals surface area contributed by atoms with Crippen molar-refractivity contribution >= 4 is 5.69 Å². The highest BCUT2D eigenvalue weighted by Gasteiger charge is 2.21. The third kappa shape index (κ3) is 3.74. The normalized spacial score (nSPS) is 20.9. The average Bonchev–Trinajstić information content (AvgIpc) is 2.48. The number of anilines is 1. The summed E-state index contributed by atoms with van der Waals surface area (Å²) in [5.41, 5.74) is 2.80. The molecular weight excluding hydrogens is 248 g/mol. The van der Waals surface area contributed by atoms with E-state index in [0.717, 1.165) is 32.7 Å². The molecule has 1 heterocycles. The van der Waals surface area contributed by atoms with E-state index in [4.69, 9.17) is 4.74 Å². The number of benzene rings is 1. The van der Waals surface area contributed by atoms with Crippen LogP contribution < -0.4 is 10.2 Å². The smallest absolute Gasteiger partial charge is 0.0722 e. The molecular formula is C17H28N2O. The molecule has 0 bridgehead atoms. The van der Waals surface area contributed by atoms with Gasteiger partial charge in [-0.1, -0.05) is 32.0 Å². The van der Waals surface area contributed by atoms with Gasteiger partial charge in [-0.25, -0.2) is 0 Å². The van der Waals surface area contributed by atoms with E-state index in [2.05, 4.69) is 55.3 Å². The van der Waals surface area contributed by atoms with E-state index < -0.39 is 0 Å². The van der Waals surface area contributed by atoms with E-state index in [1.807, 2.05) is 0 Å². The van der Waals surface area contributed by atoms with Crippen LogP contribution in [-0.4, -0.2) is 32.3 Å². The Hall–Kier alpha value is -1.06. The fraction of sp³-hybridized carbons (Fsp3) is 0.647. The third-order valence-corrected chi connectivity index (χ3v) is 3.94. The Morgan fingerprint density at radius 1 is 1.35 bits per heavy atom. The van der Waals surface area contributed by atoms with Crippen molar-refractivity contribution in [2.24, 2.45) is 0 Å². The van der Waals surface area contributed by atoms with Gasteiger partial charge in [0.05, 0.1) is 12.7 Å². The SMILES string of the molecule is CCCNC(CC)c1ccccc1N1CCOC(C)C1. The van der Waals surface area contributed by atoms with Gasteiger partial charge in [0.2, 0.25) is 0 Å². The Morgan fingerprint density at radius 2 is 2.15 bits per heavy atom. The second-order valence-corrected chi connectivity index (χ2v) is 5.60. The molecule has 0 spiro atoms. The summed E-state index contributed by atoms with van der Waals surface area (Å²) < 4.78 is 5.66. The molecule has 112 valence electrons. The van der Waals surface area contributed by atoms with E-state index in [-0.39, 0.29) is 0 Å². The Bertz CT molecular complexity index is 408. The van der Waals surface area contributed by atoms with Crippen molar-refractivity contribution in [3.8, 4) is 0 Å². The first-order valence-corrected chi connectivity index (χ1v) is 7.95. The molecule has 1 aromatic rings. The van der Waals surface area contributed by atoms with Crippen LogP contribution >= 0.6 is 0 Å². The van der Waals surface area contributed by atoms with Crippen LogP contribution in [0.5, 0.6) is 0 Å². The quantitative estimate of drug-likeness (QED) is 0.862. The second-order valence-electron chi connectivity index (χ2n) is 5.60. The molecule has 1 fully saturated rings. The summed E-state index contributed by atoms with van der Waals surface area (Å²) in [6.45, 7) is 10.5.